The van der Waals surface area contributed by atoms with Crippen LogP contribution >= 0.6 is 0 Å². The van der Waals surface area contributed by atoms with Crippen molar-refractivity contribution in [1.29, 1.82) is 0 Å². The minimum atomic E-state index is -1.84. The van der Waals surface area contributed by atoms with E-state index >= 15 is 0 Å². The second kappa shape index (κ2) is 2.70. The van der Waals surface area contributed by atoms with Crippen molar-refractivity contribution < 1.29 is 15.0 Å². The van der Waals surface area contributed by atoms with Gasteiger partial charge in [-0.05, 0) is 17.7 Å². The van der Waals surface area contributed by atoms with Gasteiger partial charge in [-0.1, -0.05) is 6.08 Å². The van der Waals surface area contributed by atoms with Gasteiger partial charge in [0.05, 0.1) is 0 Å². The Kier molecular flexibility index (Phi) is 1.73. The van der Waals surface area contributed by atoms with Crippen molar-refractivity contribution in [3.8, 4) is 0 Å². The number of carbonyl (C=O) groups is 1. The van der Waals surface area contributed by atoms with Gasteiger partial charge in [0.25, 0.3) is 5.91 Å². The Labute approximate surface area is 79.9 Å². The molecule has 0 radical (unpaired) electrons. The van der Waals surface area contributed by atoms with Crippen molar-refractivity contribution in [3.05, 3.63) is 29.1 Å². The summed E-state index contributed by atoms with van der Waals surface area (Å²) >= 11 is 0. The number of carbonyl (C=O) groups excluding carboxylic acids is 1. The molecular formula is C9H10N2O3. The lowest BCUT2D eigenvalue weighted by Crippen LogP contribution is -2.30. The number of fused-ring (bicyclic) bond motifs is 1. The van der Waals surface area contributed by atoms with Gasteiger partial charge in [0, 0.05) is 12.1 Å². The zero-order chi connectivity index (χ0) is 10.3. The third-order valence-corrected chi connectivity index (χ3v) is 2.17. The zero-order valence-electron chi connectivity index (χ0n) is 7.32. The summed E-state index contributed by atoms with van der Waals surface area (Å²) in [6.07, 6.45) is 2.85. The van der Waals surface area contributed by atoms with E-state index in [0.717, 1.165) is 5.56 Å². The molecule has 14 heavy (non-hydrogen) atoms. The first-order valence-corrected chi connectivity index (χ1v) is 4.14. The van der Waals surface area contributed by atoms with E-state index in [4.69, 9.17) is 5.73 Å². The van der Waals surface area contributed by atoms with Gasteiger partial charge in [-0.2, -0.15) is 0 Å². The van der Waals surface area contributed by atoms with E-state index in [1.54, 1.807) is 12.1 Å². The molecule has 0 saturated heterocycles. The predicted octanol–water partition coefficient (Wildman–Crippen LogP) is -0.636. The van der Waals surface area contributed by atoms with E-state index in [0.29, 0.717) is 5.69 Å². The number of hydrogen-bond acceptors (Lipinski definition) is 3. The normalized spacial score (nSPS) is 17.9. The second-order valence-corrected chi connectivity index (χ2v) is 3.37. The fraction of sp³-hybridized carbons (Fsp3) is 0.222. The van der Waals surface area contributed by atoms with Crippen molar-refractivity contribution in [2.75, 3.05) is 0 Å². The van der Waals surface area contributed by atoms with Crippen LogP contribution in [-0.4, -0.2) is 26.9 Å². The van der Waals surface area contributed by atoms with E-state index < -0.39 is 11.7 Å². The van der Waals surface area contributed by atoms with Crippen LogP contribution in [0.25, 0.3) is 6.08 Å². The highest BCUT2D eigenvalue weighted by molar-refractivity contribution is 5.92. The number of nitrogens with one attached hydrogen (secondary N) is 1. The Morgan fingerprint density at radius 2 is 2.29 bits per heavy atom. The van der Waals surface area contributed by atoms with Crippen LogP contribution in [0.1, 0.15) is 21.7 Å². The van der Waals surface area contributed by atoms with Gasteiger partial charge in [-0.15, -0.1) is 0 Å². The molecule has 1 aliphatic rings. The van der Waals surface area contributed by atoms with Gasteiger partial charge in [-0.3, -0.25) is 4.79 Å². The maximum atomic E-state index is 10.8. The average molecular weight is 194 g/mol. The van der Waals surface area contributed by atoms with Gasteiger partial charge in [0.1, 0.15) is 5.69 Å². The van der Waals surface area contributed by atoms with Gasteiger partial charge < -0.3 is 20.9 Å². The summed E-state index contributed by atoms with van der Waals surface area (Å²) < 4.78 is 0. The maximum absolute atomic E-state index is 10.8. The number of rotatable bonds is 1. The van der Waals surface area contributed by atoms with Crippen molar-refractivity contribution in [2.45, 2.75) is 12.2 Å². The maximum Gasteiger partial charge on any atom is 0.265 e. The van der Waals surface area contributed by atoms with E-state index in [1.807, 2.05) is 0 Å². The summed E-state index contributed by atoms with van der Waals surface area (Å²) in [4.78, 5) is 13.6. The van der Waals surface area contributed by atoms with Gasteiger partial charge in [-0.25, -0.2) is 0 Å². The van der Waals surface area contributed by atoms with E-state index in [9.17, 15) is 15.0 Å². The standard InChI is InChI=1S/C9H10N2O3/c10-8(12)6-3-5-1-2-9(13,14)4-7(5)11-6/h1-3,11,13-14H,4H2,(H2,10,12). The van der Waals surface area contributed by atoms with Gasteiger partial charge >= 0.3 is 0 Å². The summed E-state index contributed by atoms with van der Waals surface area (Å²) in [5.41, 5.74) is 6.71. The van der Waals surface area contributed by atoms with Crippen LogP contribution in [0.5, 0.6) is 0 Å². The molecule has 0 aromatic carbocycles. The molecule has 1 aromatic heterocycles. The molecule has 0 atom stereocenters. The first-order valence-electron chi connectivity index (χ1n) is 4.14. The molecule has 0 aliphatic heterocycles. The van der Waals surface area contributed by atoms with Crippen LogP contribution in [-0.2, 0) is 6.42 Å². The lowest BCUT2D eigenvalue weighted by molar-refractivity contribution is -0.117. The van der Waals surface area contributed by atoms with Crippen molar-refractivity contribution in [3.63, 3.8) is 0 Å². The number of aromatic amines is 1. The van der Waals surface area contributed by atoms with Gasteiger partial charge in [0.2, 0.25) is 0 Å². The molecule has 1 aromatic rings. The van der Waals surface area contributed by atoms with Crippen molar-refractivity contribution >= 4 is 12.0 Å². The Bertz CT molecular complexity index is 418. The highest BCUT2D eigenvalue weighted by atomic mass is 16.5. The Balaban J connectivity index is 2.42. The van der Waals surface area contributed by atoms with E-state index in [1.165, 1.54) is 6.08 Å². The average Bonchev–Trinajstić information content (AvgIpc) is 2.45. The summed E-state index contributed by atoms with van der Waals surface area (Å²) in [7, 11) is 0. The first-order chi connectivity index (χ1) is 6.48. The van der Waals surface area contributed by atoms with Crippen LogP contribution in [0.3, 0.4) is 0 Å². The van der Waals surface area contributed by atoms with Crippen LogP contribution in [0, 0.1) is 0 Å². The smallest absolute Gasteiger partial charge is 0.265 e. The number of nitrogens with two attached hydrogens (primary N) is 1. The third kappa shape index (κ3) is 1.43. The van der Waals surface area contributed by atoms with E-state index in [2.05, 4.69) is 4.98 Å². The minimum absolute atomic E-state index is 0.0338. The highest BCUT2D eigenvalue weighted by Crippen LogP contribution is 2.24. The summed E-state index contributed by atoms with van der Waals surface area (Å²) in [5.74, 6) is -2.40. The summed E-state index contributed by atoms with van der Waals surface area (Å²) in [6.45, 7) is 0. The Morgan fingerprint density at radius 3 is 2.93 bits per heavy atom. The van der Waals surface area contributed by atoms with Crippen LogP contribution in [0.2, 0.25) is 0 Å². The molecule has 1 heterocycles. The lowest BCUT2D eigenvalue weighted by Gasteiger charge is -2.20. The molecule has 1 aliphatic carbocycles. The molecule has 0 saturated carbocycles. The molecule has 0 unspecified atom stereocenters. The quantitative estimate of drug-likeness (QED) is 0.447. The highest BCUT2D eigenvalue weighted by Gasteiger charge is 2.26. The fourth-order valence-electron chi connectivity index (χ4n) is 1.48. The van der Waals surface area contributed by atoms with Crippen molar-refractivity contribution in [2.24, 2.45) is 5.73 Å². The lowest BCUT2D eigenvalue weighted by atomic mass is 10.0. The van der Waals surface area contributed by atoms with Crippen LogP contribution < -0.4 is 5.73 Å². The van der Waals surface area contributed by atoms with Crippen LogP contribution in [0.15, 0.2) is 12.1 Å². The topological polar surface area (TPSA) is 99.3 Å². The number of primary amides is 1. The number of aromatic nitrogens is 1. The van der Waals surface area contributed by atoms with Crippen molar-refractivity contribution in [1.82, 2.24) is 4.98 Å². The molecule has 2 rings (SSSR count). The predicted molar refractivity (Wildman–Crippen MR) is 49.2 cm³/mol. The van der Waals surface area contributed by atoms with Gasteiger partial charge in [0.15, 0.2) is 5.79 Å². The molecule has 1 amide bonds. The molecule has 74 valence electrons. The summed E-state index contributed by atoms with van der Waals surface area (Å²) in [6, 6.07) is 1.59. The van der Waals surface area contributed by atoms with E-state index in [-0.39, 0.29) is 12.1 Å². The Hall–Kier alpha value is -1.59. The zero-order valence-corrected chi connectivity index (χ0v) is 7.32. The minimum Gasteiger partial charge on any atom is -0.364 e. The Morgan fingerprint density at radius 1 is 1.57 bits per heavy atom. The number of H-pyrrole nitrogens is 1. The number of aliphatic hydroxyl groups is 2. The second-order valence-electron chi connectivity index (χ2n) is 3.37. The number of amides is 1. The third-order valence-electron chi connectivity index (χ3n) is 2.17. The molecule has 0 spiro atoms. The summed E-state index contributed by atoms with van der Waals surface area (Å²) in [5, 5.41) is 18.6. The largest absolute Gasteiger partial charge is 0.364 e. The fourth-order valence-corrected chi connectivity index (χ4v) is 1.48. The number of hydrogen-bond donors (Lipinski definition) is 4. The molecular weight excluding hydrogens is 184 g/mol. The monoisotopic (exact) mass is 194 g/mol. The van der Waals surface area contributed by atoms with Crippen LogP contribution in [0.4, 0.5) is 0 Å². The first kappa shape index (κ1) is 8.98. The SMILES string of the molecule is NC(=O)c1cc2c([nH]1)CC(O)(O)C=C2. The molecule has 0 bridgehead atoms. The molecule has 0 fully saturated rings. The molecule has 5 nitrogen and oxygen atoms in total. The molecule has 5 heteroatoms. The molecule has 5 N–H and O–H groups in total.